The molecular weight excluding hydrogens is 827 g/mol. The maximum Gasteiger partial charge on any atom is -1.00 e. The maximum absolute atomic E-state index is 2.48. The molecule has 0 nitrogen and oxygen atoms in total. The molecule has 0 amide bonds. The molecule has 0 N–H and O–H groups in total. The van der Waals surface area contributed by atoms with E-state index in [0.717, 1.165) is 30.1 Å². The molecule has 0 unspecified atom stereocenters. The van der Waals surface area contributed by atoms with Gasteiger partial charge in [0.1, 0.15) is 0 Å². The van der Waals surface area contributed by atoms with Gasteiger partial charge in [-0.15, -0.1) is 69.1 Å². The zero-order valence-electron chi connectivity index (χ0n) is 35.0. The first-order valence-corrected chi connectivity index (χ1v) is 28.0. The van der Waals surface area contributed by atoms with E-state index >= 15 is 0 Å². The van der Waals surface area contributed by atoms with Crippen LogP contribution in [0.2, 0.25) is 13.1 Å². The molecule has 5 fully saturated rings. The molecule has 57 heavy (non-hydrogen) atoms. The van der Waals surface area contributed by atoms with E-state index in [4.69, 9.17) is 0 Å². The third-order valence-electron chi connectivity index (χ3n) is 13.8. The summed E-state index contributed by atoms with van der Waals surface area (Å²) < 4.78 is 0. The Morgan fingerprint density at radius 1 is 0.667 bits per heavy atom. The first-order valence-electron chi connectivity index (χ1n) is 21.8. The van der Waals surface area contributed by atoms with Crippen molar-refractivity contribution in [3.8, 4) is 22.3 Å². The van der Waals surface area contributed by atoms with Gasteiger partial charge in [0.15, 0.2) is 0 Å². The molecule has 0 saturated heterocycles. The number of hydrogen-bond donors (Lipinski definition) is 0. The molecule has 298 valence electrons. The summed E-state index contributed by atoms with van der Waals surface area (Å²) in [5, 5.41) is 5.63. The fraction of sp³-hybridized carbons (Fsp3) is 0.434. The minimum Gasteiger partial charge on any atom is -1.00 e. The minimum absolute atomic E-state index is 0. The van der Waals surface area contributed by atoms with Gasteiger partial charge < -0.3 is 24.8 Å². The van der Waals surface area contributed by atoms with Crippen LogP contribution >= 0.6 is 0 Å². The first-order chi connectivity index (χ1) is 26.7. The van der Waals surface area contributed by atoms with Crippen LogP contribution in [0.15, 0.2) is 109 Å². The summed E-state index contributed by atoms with van der Waals surface area (Å²) in [5.74, 6) is 4.42. The molecule has 0 aliphatic heterocycles. The molecular formula is C53H62Cl2SiZr-2. The molecule has 5 aliphatic carbocycles. The average molecular weight is 889 g/mol. The van der Waals surface area contributed by atoms with E-state index in [0.29, 0.717) is 11.3 Å². The quantitative estimate of drug-likeness (QED) is 0.116. The van der Waals surface area contributed by atoms with Crippen LogP contribution in [0.25, 0.3) is 43.8 Å². The van der Waals surface area contributed by atoms with Crippen LogP contribution < -0.4 is 24.8 Å². The largest absolute Gasteiger partial charge is 1.00 e. The average Bonchev–Trinajstić information content (AvgIpc) is 3.83. The summed E-state index contributed by atoms with van der Waals surface area (Å²) in [6.45, 7) is 11.4. The summed E-state index contributed by atoms with van der Waals surface area (Å²) in [7, 11) is 0. The van der Waals surface area contributed by atoms with Crippen LogP contribution in [-0.2, 0) is 35.2 Å². The standard InChI is InChI=1S/C27H29.C24H27.C2H6Si.2ClH.Zr/c1-2-18-13-23-4-3-5-25(26(23)14-18)22-6-8-24(9-7-22)27-15-19-10-20(16-27)12-21(11-19)17-27;1-17(2)18-11-13-20(14-12-18)23-10-6-9-21-15-22(16-24(21)23)19-7-4-3-5-8-19;1-3-2;;;/h3-9,13-14,19-21H,2,10-12,15-17H2,1H3;6,9-17,19H,3-5,7-8H2,1-2H3;1-2H3;2*1H;/q2*-1;;;;+2/p-2. The molecule has 5 saturated carbocycles. The Kier molecular flexibility index (Phi) is 15.1. The Bertz CT molecular complexity index is 2190. The zero-order chi connectivity index (χ0) is 38.1. The van der Waals surface area contributed by atoms with Gasteiger partial charge in [-0.1, -0.05) is 112 Å². The summed E-state index contributed by atoms with van der Waals surface area (Å²) in [4.78, 5) is 0. The van der Waals surface area contributed by atoms with Crippen LogP contribution in [0.3, 0.4) is 0 Å². The Labute approximate surface area is 372 Å². The Balaban J connectivity index is 0.000000172. The van der Waals surface area contributed by atoms with E-state index in [1.807, 2.05) is 0 Å². The first kappa shape index (κ1) is 44.3. The summed E-state index contributed by atoms with van der Waals surface area (Å²) in [6.07, 6.45) is 17.0. The minimum atomic E-state index is 0. The van der Waals surface area contributed by atoms with Gasteiger partial charge in [0.25, 0.3) is 0 Å². The normalized spacial score (nSPS) is 22.3. The molecule has 0 radical (unpaired) electrons. The van der Waals surface area contributed by atoms with Crippen molar-refractivity contribution in [2.75, 3.05) is 0 Å². The van der Waals surface area contributed by atoms with Crippen molar-refractivity contribution in [2.45, 2.75) is 128 Å². The van der Waals surface area contributed by atoms with Gasteiger partial charge in [-0.3, -0.25) is 0 Å². The topological polar surface area (TPSA) is 0 Å². The molecule has 0 heterocycles. The smallest absolute Gasteiger partial charge is 1.00 e. The molecule has 0 atom stereocenters. The molecule has 6 aromatic rings. The SMILES string of the molecule is CC(C)c1ccc(-c2cccc3[cH-]c(C4CCCCC4)cc23)cc1.CCc1cc2c(-c3ccc(C45CC6CC(CC(C6)C4)C5)cc3)cccc2[cH-]1.C[Si](C)=[Zr+2].[Cl-].[Cl-]. The van der Waals surface area contributed by atoms with Crippen LogP contribution in [0.4, 0.5) is 0 Å². The monoisotopic (exact) mass is 886 g/mol. The Hall–Kier alpha value is -2.22. The summed E-state index contributed by atoms with van der Waals surface area (Å²) >= 11 is 1.74. The van der Waals surface area contributed by atoms with E-state index in [9.17, 15) is 0 Å². The molecule has 4 bridgehead atoms. The van der Waals surface area contributed by atoms with Crippen molar-refractivity contribution < 1.29 is 48.1 Å². The third-order valence-corrected chi connectivity index (χ3v) is 13.8. The number of halogens is 2. The fourth-order valence-corrected chi connectivity index (χ4v) is 11.4. The fourth-order valence-electron chi connectivity index (χ4n) is 11.4. The molecule has 0 spiro atoms. The van der Waals surface area contributed by atoms with Gasteiger partial charge in [-0.25, -0.2) is 0 Å². The maximum atomic E-state index is 2.48. The van der Waals surface area contributed by atoms with Crippen molar-refractivity contribution in [3.05, 3.63) is 131 Å². The van der Waals surface area contributed by atoms with Crippen LogP contribution in [-0.4, -0.2) is 5.43 Å². The molecule has 5 aliphatic rings. The Morgan fingerprint density at radius 2 is 1.16 bits per heavy atom. The van der Waals surface area contributed by atoms with Crippen molar-refractivity contribution in [1.29, 1.82) is 0 Å². The van der Waals surface area contributed by atoms with Crippen molar-refractivity contribution in [2.24, 2.45) is 17.8 Å². The van der Waals surface area contributed by atoms with Crippen LogP contribution in [0, 0.1) is 17.8 Å². The van der Waals surface area contributed by atoms with E-state index in [2.05, 4.69) is 143 Å². The van der Waals surface area contributed by atoms with E-state index in [1.165, 1.54) is 126 Å². The van der Waals surface area contributed by atoms with Crippen LogP contribution in [0.1, 0.15) is 125 Å². The summed E-state index contributed by atoms with van der Waals surface area (Å²) in [6, 6.07) is 42.1. The number of hydrogen-bond acceptors (Lipinski definition) is 0. The number of aryl methyl sites for hydroxylation is 1. The van der Waals surface area contributed by atoms with Gasteiger partial charge in [0.2, 0.25) is 0 Å². The molecule has 6 aromatic carbocycles. The van der Waals surface area contributed by atoms with Crippen molar-refractivity contribution >= 4 is 27.0 Å². The third kappa shape index (κ3) is 9.88. The van der Waals surface area contributed by atoms with Gasteiger partial charge >= 0.3 is 41.9 Å². The Morgan fingerprint density at radius 3 is 1.67 bits per heavy atom. The van der Waals surface area contributed by atoms with Crippen molar-refractivity contribution in [3.63, 3.8) is 0 Å². The number of rotatable bonds is 6. The van der Waals surface area contributed by atoms with Gasteiger partial charge in [-0.2, -0.15) is 12.1 Å². The van der Waals surface area contributed by atoms with E-state index in [-0.39, 0.29) is 30.2 Å². The number of benzene rings is 4. The van der Waals surface area contributed by atoms with E-state index in [1.54, 1.807) is 34.5 Å². The predicted octanol–water partition coefficient (Wildman–Crippen LogP) is 9.45. The van der Waals surface area contributed by atoms with Crippen LogP contribution in [0.5, 0.6) is 0 Å². The van der Waals surface area contributed by atoms with Crippen molar-refractivity contribution in [1.82, 2.24) is 0 Å². The molecule has 0 aromatic heterocycles. The van der Waals surface area contributed by atoms with Gasteiger partial charge in [0.05, 0.1) is 0 Å². The predicted molar refractivity (Wildman–Crippen MR) is 237 cm³/mol. The second kappa shape index (κ2) is 19.4. The zero-order valence-corrected chi connectivity index (χ0v) is 40.0. The molecule has 11 rings (SSSR count). The second-order valence-corrected chi connectivity index (χ2v) is 27.9. The molecule has 4 heteroatoms. The van der Waals surface area contributed by atoms with Gasteiger partial charge in [-0.05, 0) is 115 Å². The summed E-state index contributed by atoms with van der Waals surface area (Å²) in [5.41, 5.74) is 12.3. The number of fused-ring (bicyclic) bond motifs is 2. The van der Waals surface area contributed by atoms with E-state index < -0.39 is 0 Å². The second-order valence-electron chi connectivity index (χ2n) is 18.5. The van der Waals surface area contributed by atoms with Gasteiger partial charge in [0, 0.05) is 0 Å².